The Labute approximate surface area is 108 Å². The van der Waals surface area contributed by atoms with Crippen molar-refractivity contribution in [2.45, 2.75) is 26.8 Å². The van der Waals surface area contributed by atoms with E-state index in [0.717, 1.165) is 11.1 Å². The number of hydrogen-bond donors (Lipinski definition) is 1. The van der Waals surface area contributed by atoms with Crippen molar-refractivity contribution in [3.63, 3.8) is 0 Å². The quantitative estimate of drug-likeness (QED) is 0.821. The summed E-state index contributed by atoms with van der Waals surface area (Å²) in [7, 11) is 0. The summed E-state index contributed by atoms with van der Waals surface area (Å²) < 4.78 is 0. The van der Waals surface area contributed by atoms with Crippen molar-refractivity contribution in [3.8, 4) is 0 Å². The van der Waals surface area contributed by atoms with Gasteiger partial charge in [-0.1, -0.05) is 24.8 Å². The summed E-state index contributed by atoms with van der Waals surface area (Å²) in [6, 6.07) is -0.331. The summed E-state index contributed by atoms with van der Waals surface area (Å²) in [4.78, 5) is 24.6. The first-order chi connectivity index (χ1) is 8.45. The van der Waals surface area contributed by atoms with Gasteiger partial charge in [0.15, 0.2) is 0 Å². The predicted molar refractivity (Wildman–Crippen MR) is 71.9 cm³/mol. The van der Waals surface area contributed by atoms with Crippen molar-refractivity contribution in [3.05, 3.63) is 36.0 Å². The molecule has 0 saturated carbocycles. The highest BCUT2D eigenvalue weighted by molar-refractivity contribution is 5.96. The zero-order chi connectivity index (χ0) is 13.7. The van der Waals surface area contributed by atoms with Crippen LogP contribution in [-0.2, 0) is 9.59 Å². The third-order valence-corrected chi connectivity index (χ3v) is 2.94. The number of amides is 2. The van der Waals surface area contributed by atoms with Crippen molar-refractivity contribution >= 4 is 11.8 Å². The first-order valence-corrected chi connectivity index (χ1v) is 6.01. The van der Waals surface area contributed by atoms with E-state index in [1.165, 1.54) is 6.92 Å². The lowest BCUT2D eigenvalue weighted by molar-refractivity contribution is -0.132. The fourth-order valence-corrected chi connectivity index (χ4v) is 1.83. The van der Waals surface area contributed by atoms with Crippen LogP contribution in [0, 0.1) is 0 Å². The van der Waals surface area contributed by atoms with Crippen LogP contribution in [0.15, 0.2) is 36.0 Å². The Bertz CT molecular complexity index is 422. The second kappa shape index (κ2) is 6.31. The van der Waals surface area contributed by atoms with E-state index >= 15 is 0 Å². The molecule has 0 aromatic carbocycles. The van der Waals surface area contributed by atoms with Gasteiger partial charge >= 0.3 is 0 Å². The molecule has 1 aliphatic heterocycles. The maximum absolute atomic E-state index is 11.7. The highest BCUT2D eigenvalue weighted by Gasteiger charge is 2.28. The topological polar surface area (TPSA) is 49.4 Å². The third kappa shape index (κ3) is 3.67. The number of imide groups is 1. The lowest BCUT2D eigenvalue weighted by Gasteiger charge is -2.21. The van der Waals surface area contributed by atoms with Crippen molar-refractivity contribution in [1.82, 2.24) is 10.2 Å². The number of rotatable bonds is 3. The third-order valence-electron chi connectivity index (χ3n) is 2.94. The Morgan fingerprint density at radius 1 is 1.44 bits per heavy atom. The van der Waals surface area contributed by atoms with E-state index in [1.54, 1.807) is 6.92 Å². The second-order valence-electron chi connectivity index (χ2n) is 4.45. The molecular formula is C14H20N2O2. The van der Waals surface area contributed by atoms with Crippen molar-refractivity contribution in [1.29, 1.82) is 0 Å². The standard InChI is InChI=1S/C14H20N2O2/c1-5-6-7-13-9-16(8-10(13)2)11(3)14(18)15-12(4)17/h5-7,11H,2,8-9H2,1,3-4H3,(H,15,17,18)/b6-5-,13-7-. The summed E-state index contributed by atoms with van der Waals surface area (Å²) in [6.07, 6.45) is 5.93. The lowest BCUT2D eigenvalue weighted by Crippen LogP contribution is -2.45. The summed E-state index contributed by atoms with van der Waals surface area (Å²) in [6.45, 7) is 10.4. The maximum atomic E-state index is 11.7. The molecule has 4 nitrogen and oxygen atoms in total. The molecule has 1 unspecified atom stereocenters. The average molecular weight is 248 g/mol. The molecule has 1 heterocycles. The smallest absolute Gasteiger partial charge is 0.243 e. The van der Waals surface area contributed by atoms with Gasteiger partial charge < -0.3 is 0 Å². The first kappa shape index (κ1) is 14.4. The van der Waals surface area contributed by atoms with Gasteiger partial charge in [-0.15, -0.1) is 0 Å². The van der Waals surface area contributed by atoms with Crippen LogP contribution in [0.5, 0.6) is 0 Å². The van der Waals surface area contributed by atoms with Crippen LogP contribution >= 0.6 is 0 Å². The number of hydrogen-bond acceptors (Lipinski definition) is 3. The zero-order valence-corrected chi connectivity index (χ0v) is 11.2. The highest BCUT2D eigenvalue weighted by atomic mass is 16.2. The Morgan fingerprint density at radius 3 is 2.67 bits per heavy atom. The molecule has 98 valence electrons. The van der Waals surface area contributed by atoms with E-state index in [2.05, 4.69) is 11.9 Å². The monoisotopic (exact) mass is 248 g/mol. The molecule has 0 spiro atoms. The van der Waals surface area contributed by atoms with E-state index < -0.39 is 0 Å². The average Bonchev–Trinajstić information content (AvgIpc) is 2.66. The van der Waals surface area contributed by atoms with Crippen LogP contribution < -0.4 is 5.32 Å². The minimum absolute atomic E-state index is 0.261. The highest BCUT2D eigenvalue weighted by Crippen LogP contribution is 2.22. The van der Waals surface area contributed by atoms with Crippen molar-refractivity contribution in [2.24, 2.45) is 0 Å². The summed E-state index contributed by atoms with van der Waals surface area (Å²) in [5.41, 5.74) is 2.16. The predicted octanol–water partition coefficient (Wildman–Crippen LogP) is 1.41. The van der Waals surface area contributed by atoms with Crippen LogP contribution in [-0.4, -0.2) is 35.8 Å². The van der Waals surface area contributed by atoms with Crippen LogP contribution in [0.2, 0.25) is 0 Å². The number of allylic oxidation sites excluding steroid dienone is 3. The number of carbonyl (C=O) groups excluding carboxylic acids is 2. The van der Waals surface area contributed by atoms with E-state index in [1.807, 2.05) is 30.1 Å². The Hall–Kier alpha value is -1.68. The largest absolute Gasteiger partial charge is 0.295 e. The number of carbonyl (C=O) groups is 2. The van der Waals surface area contributed by atoms with E-state index in [0.29, 0.717) is 13.1 Å². The van der Waals surface area contributed by atoms with Crippen LogP contribution in [0.25, 0.3) is 0 Å². The minimum Gasteiger partial charge on any atom is -0.295 e. The molecule has 0 aromatic rings. The molecule has 0 bridgehead atoms. The van der Waals surface area contributed by atoms with Crippen LogP contribution in [0.1, 0.15) is 20.8 Å². The molecule has 2 amide bonds. The van der Waals surface area contributed by atoms with Gasteiger partial charge in [-0.2, -0.15) is 0 Å². The van der Waals surface area contributed by atoms with Gasteiger partial charge in [-0.05, 0) is 25.0 Å². The van der Waals surface area contributed by atoms with Gasteiger partial charge in [0.1, 0.15) is 0 Å². The Morgan fingerprint density at radius 2 is 2.11 bits per heavy atom. The van der Waals surface area contributed by atoms with Crippen LogP contribution in [0.3, 0.4) is 0 Å². The maximum Gasteiger partial charge on any atom is 0.243 e. The zero-order valence-electron chi connectivity index (χ0n) is 11.2. The number of nitrogens with zero attached hydrogens (tertiary/aromatic N) is 1. The molecule has 0 radical (unpaired) electrons. The molecular weight excluding hydrogens is 228 g/mol. The van der Waals surface area contributed by atoms with E-state index in [-0.39, 0.29) is 17.9 Å². The van der Waals surface area contributed by atoms with Gasteiger partial charge in [0.05, 0.1) is 6.04 Å². The minimum atomic E-state index is -0.331. The summed E-state index contributed by atoms with van der Waals surface area (Å²) in [5.74, 6) is -0.586. The van der Waals surface area contributed by atoms with E-state index in [4.69, 9.17) is 0 Å². The fraction of sp³-hybridized carbons (Fsp3) is 0.429. The second-order valence-corrected chi connectivity index (χ2v) is 4.45. The lowest BCUT2D eigenvalue weighted by atomic mass is 10.1. The number of likely N-dealkylation sites (tertiary alicyclic amines) is 1. The molecule has 0 aromatic heterocycles. The normalized spacial score (nSPS) is 20.6. The Kier molecular flexibility index (Phi) is 5.04. The molecule has 1 saturated heterocycles. The first-order valence-electron chi connectivity index (χ1n) is 6.01. The SMILES string of the molecule is C=C1CN(C(C)C(=O)NC(C)=O)C/C1=C/C=C\C. The summed E-state index contributed by atoms with van der Waals surface area (Å²) >= 11 is 0. The summed E-state index contributed by atoms with van der Waals surface area (Å²) in [5, 5.41) is 2.31. The molecule has 1 rings (SSSR count). The van der Waals surface area contributed by atoms with Gasteiger partial charge in [0.25, 0.3) is 0 Å². The molecule has 1 atom stereocenters. The number of nitrogens with one attached hydrogen (secondary N) is 1. The fourth-order valence-electron chi connectivity index (χ4n) is 1.83. The molecule has 18 heavy (non-hydrogen) atoms. The van der Waals surface area contributed by atoms with Gasteiger partial charge in [0.2, 0.25) is 11.8 Å². The molecule has 0 aliphatic carbocycles. The van der Waals surface area contributed by atoms with Gasteiger partial charge in [-0.3, -0.25) is 19.8 Å². The van der Waals surface area contributed by atoms with E-state index in [9.17, 15) is 9.59 Å². The van der Waals surface area contributed by atoms with Crippen molar-refractivity contribution < 1.29 is 9.59 Å². The molecule has 4 heteroatoms. The molecule has 1 fully saturated rings. The molecule has 1 N–H and O–H groups in total. The Balaban J connectivity index is 2.68. The van der Waals surface area contributed by atoms with Crippen molar-refractivity contribution in [2.75, 3.05) is 13.1 Å². The van der Waals surface area contributed by atoms with Crippen LogP contribution in [0.4, 0.5) is 0 Å². The van der Waals surface area contributed by atoms with Gasteiger partial charge in [-0.25, -0.2) is 0 Å². The van der Waals surface area contributed by atoms with Gasteiger partial charge in [0, 0.05) is 20.0 Å². The molecule has 1 aliphatic rings.